The molecule has 1 amide bonds. The highest BCUT2D eigenvalue weighted by Crippen LogP contribution is 2.18. The SMILES string of the molecule is Cc1cc(C)n(-c2ccc(C(=O)OCC(=O)Nc3cccc(C)c3C)cc2)n1. The Morgan fingerprint density at radius 2 is 1.75 bits per heavy atom. The Balaban J connectivity index is 1.59. The van der Waals surface area contributed by atoms with Crippen LogP contribution in [0.1, 0.15) is 32.9 Å². The van der Waals surface area contributed by atoms with Gasteiger partial charge in [0, 0.05) is 11.4 Å². The van der Waals surface area contributed by atoms with Gasteiger partial charge in [0.25, 0.3) is 5.91 Å². The van der Waals surface area contributed by atoms with Crippen LogP contribution in [0.3, 0.4) is 0 Å². The molecule has 0 radical (unpaired) electrons. The van der Waals surface area contributed by atoms with Crippen molar-refractivity contribution in [2.75, 3.05) is 11.9 Å². The summed E-state index contributed by atoms with van der Waals surface area (Å²) in [6.45, 7) is 7.46. The number of nitrogens with zero attached hydrogens (tertiary/aromatic N) is 2. The van der Waals surface area contributed by atoms with E-state index in [1.54, 1.807) is 24.3 Å². The van der Waals surface area contributed by atoms with Gasteiger partial charge in [-0.1, -0.05) is 12.1 Å². The van der Waals surface area contributed by atoms with Gasteiger partial charge in [0.2, 0.25) is 0 Å². The fraction of sp³-hybridized carbons (Fsp3) is 0.227. The van der Waals surface area contributed by atoms with E-state index in [4.69, 9.17) is 4.74 Å². The van der Waals surface area contributed by atoms with Crippen LogP contribution in [0.2, 0.25) is 0 Å². The summed E-state index contributed by atoms with van der Waals surface area (Å²) in [7, 11) is 0. The van der Waals surface area contributed by atoms with E-state index in [2.05, 4.69) is 10.4 Å². The topological polar surface area (TPSA) is 73.2 Å². The van der Waals surface area contributed by atoms with Crippen molar-refractivity contribution in [3.63, 3.8) is 0 Å². The predicted molar refractivity (Wildman–Crippen MR) is 108 cm³/mol. The predicted octanol–water partition coefficient (Wildman–Crippen LogP) is 3.90. The average molecular weight is 377 g/mol. The highest BCUT2D eigenvalue weighted by atomic mass is 16.5. The number of hydrogen-bond acceptors (Lipinski definition) is 4. The van der Waals surface area contributed by atoms with Crippen LogP contribution in [0.4, 0.5) is 5.69 Å². The number of amides is 1. The first-order valence-corrected chi connectivity index (χ1v) is 9.02. The molecule has 1 heterocycles. The zero-order chi connectivity index (χ0) is 20.3. The van der Waals surface area contributed by atoms with Crippen LogP contribution in [0.15, 0.2) is 48.5 Å². The molecule has 6 heteroatoms. The Kier molecular flexibility index (Phi) is 5.59. The summed E-state index contributed by atoms with van der Waals surface area (Å²) in [5.74, 6) is -0.919. The number of nitrogens with one attached hydrogen (secondary N) is 1. The van der Waals surface area contributed by atoms with Gasteiger partial charge in [-0.2, -0.15) is 5.10 Å². The van der Waals surface area contributed by atoms with Crippen molar-refractivity contribution in [1.29, 1.82) is 0 Å². The molecule has 3 rings (SSSR count). The fourth-order valence-corrected chi connectivity index (χ4v) is 2.92. The first-order chi connectivity index (χ1) is 13.3. The lowest BCUT2D eigenvalue weighted by Gasteiger charge is -2.11. The molecule has 0 saturated heterocycles. The van der Waals surface area contributed by atoms with E-state index in [0.29, 0.717) is 5.56 Å². The van der Waals surface area contributed by atoms with Crippen LogP contribution < -0.4 is 5.32 Å². The quantitative estimate of drug-likeness (QED) is 0.685. The van der Waals surface area contributed by atoms with Gasteiger partial charge in [-0.3, -0.25) is 4.79 Å². The van der Waals surface area contributed by atoms with Crippen molar-refractivity contribution >= 4 is 17.6 Å². The van der Waals surface area contributed by atoms with Crippen LogP contribution in [-0.4, -0.2) is 28.3 Å². The minimum atomic E-state index is -0.545. The minimum absolute atomic E-state index is 0.342. The second-order valence-electron chi connectivity index (χ2n) is 6.76. The highest BCUT2D eigenvalue weighted by Gasteiger charge is 2.12. The van der Waals surface area contributed by atoms with E-state index in [-0.39, 0.29) is 12.5 Å². The third-order valence-electron chi connectivity index (χ3n) is 4.57. The molecular weight excluding hydrogens is 354 g/mol. The summed E-state index contributed by atoms with van der Waals surface area (Å²) >= 11 is 0. The molecule has 0 aliphatic rings. The maximum atomic E-state index is 12.2. The standard InChI is InChI=1S/C22H23N3O3/c1-14-6-5-7-20(17(14)4)23-21(26)13-28-22(27)18-8-10-19(11-9-18)25-16(3)12-15(2)24-25/h5-12H,13H2,1-4H3,(H,23,26). The number of anilines is 1. The first kappa shape index (κ1) is 19.4. The van der Waals surface area contributed by atoms with Crippen molar-refractivity contribution in [2.24, 2.45) is 0 Å². The minimum Gasteiger partial charge on any atom is -0.452 e. The maximum Gasteiger partial charge on any atom is 0.338 e. The van der Waals surface area contributed by atoms with E-state index >= 15 is 0 Å². The molecule has 0 fully saturated rings. The highest BCUT2D eigenvalue weighted by molar-refractivity contribution is 5.96. The van der Waals surface area contributed by atoms with Crippen molar-refractivity contribution in [3.8, 4) is 5.69 Å². The number of esters is 1. The molecule has 2 aromatic carbocycles. The molecule has 0 aliphatic carbocycles. The third kappa shape index (κ3) is 4.28. The molecule has 144 valence electrons. The lowest BCUT2D eigenvalue weighted by atomic mass is 10.1. The molecule has 0 saturated carbocycles. The van der Waals surface area contributed by atoms with Crippen molar-refractivity contribution in [3.05, 3.63) is 76.6 Å². The number of rotatable bonds is 5. The van der Waals surface area contributed by atoms with E-state index < -0.39 is 5.97 Å². The molecule has 6 nitrogen and oxygen atoms in total. The third-order valence-corrected chi connectivity index (χ3v) is 4.57. The summed E-state index contributed by atoms with van der Waals surface area (Å²) in [5, 5.41) is 7.18. The number of ether oxygens (including phenoxy) is 1. The summed E-state index contributed by atoms with van der Waals surface area (Å²) in [6, 6.07) is 14.6. The van der Waals surface area contributed by atoms with Crippen LogP contribution in [0, 0.1) is 27.7 Å². The Morgan fingerprint density at radius 3 is 2.39 bits per heavy atom. The molecule has 0 aliphatic heterocycles. The van der Waals surface area contributed by atoms with Gasteiger partial charge >= 0.3 is 5.97 Å². The number of benzene rings is 2. The Hall–Kier alpha value is -3.41. The van der Waals surface area contributed by atoms with E-state index in [9.17, 15) is 9.59 Å². The van der Waals surface area contributed by atoms with E-state index in [1.165, 1.54) is 0 Å². The smallest absolute Gasteiger partial charge is 0.338 e. The zero-order valence-electron chi connectivity index (χ0n) is 16.4. The molecule has 0 unspecified atom stereocenters. The first-order valence-electron chi connectivity index (χ1n) is 9.02. The van der Waals surface area contributed by atoms with Gasteiger partial charge < -0.3 is 10.1 Å². The molecule has 3 aromatic rings. The van der Waals surface area contributed by atoms with Gasteiger partial charge in [-0.05, 0) is 75.2 Å². The number of carbonyl (C=O) groups is 2. The largest absolute Gasteiger partial charge is 0.452 e. The number of aromatic nitrogens is 2. The average Bonchev–Trinajstić information content (AvgIpc) is 3.02. The normalized spacial score (nSPS) is 10.6. The second-order valence-corrected chi connectivity index (χ2v) is 6.76. The number of carbonyl (C=O) groups excluding carboxylic acids is 2. The lowest BCUT2D eigenvalue weighted by Crippen LogP contribution is -2.21. The van der Waals surface area contributed by atoms with Crippen molar-refractivity contribution < 1.29 is 14.3 Å². The molecule has 1 N–H and O–H groups in total. The second kappa shape index (κ2) is 8.08. The van der Waals surface area contributed by atoms with Crippen LogP contribution >= 0.6 is 0 Å². The molecule has 0 atom stereocenters. The molecule has 0 bridgehead atoms. The molecule has 28 heavy (non-hydrogen) atoms. The van der Waals surface area contributed by atoms with E-state index in [0.717, 1.165) is 33.9 Å². The maximum absolute atomic E-state index is 12.2. The fourth-order valence-electron chi connectivity index (χ4n) is 2.92. The van der Waals surface area contributed by atoms with Crippen LogP contribution in [0.25, 0.3) is 5.69 Å². The Labute approximate surface area is 164 Å². The Bertz CT molecular complexity index is 1020. The summed E-state index contributed by atoms with van der Waals surface area (Å²) < 4.78 is 6.94. The number of hydrogen-bond donors (Lipinski definition) is 1. The van der Waals surface area contributed by atoms with Crippen LogP contribution in [0.5, 0.6) is 0 Å². The Morgan fingerprint density at radius 1 is 1.04 bits per heavy atom. The van der Waals surface area contributed by atoms with Gasteiger partial charge in [0.1, 0.15) is 0 Å². The summed E-state index contributed by atoms with van der Waals surface area (Å²) in [4.78, 5) is 24.3. The van der Waals surface area contributed by atoms with Gasteiger partial charge in [0.05, 0.1) is 16.9 Å². The summed E-state index contributed by atoms with van der Waals surface area (Å²) in [5.41, 5.74) is 5.96. The lowest BCUT2D eigenvalue weighted by molar-refractivity contribution is -0.119. The van der Waals surface area contributed by atoms with Crippen molar-refractivity contribution in [2.45, 2.75) is 27.7 Å². The summed E-state index contributed by atoms with van der Waals surface area (Å²) in [6.07, 6.45) is 0. The zero-order valence-corrected chi connectivity index (χ0v) is 16.4. The van der Waals surface area contributed by atoms with Gasteiger partial charge in [0.15, 0.2) is 6.61 Å². The molecule has 1 aromatic heterocycles. The van der Waals surface area contributed by atoms with E-state index in [1.807, 2.05) is 56.6 Å². The number of aryl methyl sites for hydroxylation is 3. The monoisotopic (exact) mass is 377 g/mol. The van der Waals surface area contributed by atoms with Crippen molar-refractivity contribution in [1.82, 2.24) is 9.78 Å². The van der Waals surface area contributed by atoms with Gasteiger partial charge in [-0.15, -0.1) is 0 Å². The van der Waals surface area contributed by atoms with Crippen LogP contribution in [-0.2, 0) is 9.53 Å². The molecular formula is C22H23N3O3. The molecule has 0 spiro atoms. The van der Waals surface area contributed by atoms with Gasteiger partial charge in [-0.25, -0.2) is 9.48 Å².